The smallest absolute Gasteiger partial charge is 0.188 e. The number of nitrogens with zero attached hydrogens (tertiary/aromatic N) is 2. The van der Waals surface area contributed by atoms with Crippen LogP contribution >= 0.6 is 0 Å². The summed E-state index contributed by atoms with van der Waals surface area (Å²) < 4.78 is 27.1. The van der Waals surface area contributed by atoms with Crippen LogP contribution in [0.5, 0.6) is 0 Å². The fourth-order valence-corrected chi connectivity index (χ4v) is 5.07. The summed E-state index contributed by atoms with van der Waals surface area (Å²) in [7, 11) is 4.34. The summed E-state index contributed by atoms with van der Waals surface area (Å²) in [5.74, 6) is 0. The Kier molecular flexibility index (Phi) is 7.77. The third kappa shape index (κ3) is 6.14. The van der Waals surface area contributed by atoms with Crippen LogP contribution in [0.3, 0.4) is 0 Å². The van der Waals surface area contributed by atoms with Gasteiger partial charge >= 0.3 is 0 Å². The molecule has 172 valence electrons. The molecule has 0 bridgehead atoms. The standard InChI is InChI=1S/C28H32N2O2S/c1-22-10-20-27(21-11-22)33(31,32)28(24-14-18-26(19-15-24)30(4)5)9-7-6-8-23-12-16-25(17-13-23)29(2)3/h6-21,28H,1-5H3. The van der Waals surface area contributed by atoms with Gasteiger partial charge < -0.3 is 9.80 Å². The molecule has 33 heavy (non-hydrogen) atoms. The van der Waals surface area contributed by atoms with Gasteiger partial charge in [-0.05, 0) is 54.4 Å². The molecule has 0 N–H and O–H groups in total. The lowest BCUT2D eigenvalue weighted by Crippen LogP contribution is -2.13. The van der Waals surface area contributed by atoms with Gasteiger partial charge in [0.15, 0.2) is 9.84 Å². The minimum absolute atomic E-state index is 0.322. The van der Waals surface area contributed by atoms with Crippen LogP contribution in [-0.2, 0) is 9.84 Å². The maximum atomic E-state index is 13.5. The van der Waals surface area contributed by atoms with Crippen molar-refractivity contribution in [3.05, 3.63) is 108 Å². The molecule has 4 nitrogen and oxygen atoms in total. The quantitative estimate of drug-likeness (QED) is 0.392. The van der Waals surface area contributed by atoms with Gasteiger partial charge in [-0.3, -0.25) is 0 Å². The number of rotatable bonds is 8. The molecule has 0 aliphatic heterocycles. The first-order valence-corrected chi connectivity index (χ1v) is 12.4. The zero-order valence-electron chi connectivity index (χ0n) is 19.9. The zero-order valence-corrected chi connectivity index (χ0v) is 20.8. The molecule has 5 heteroatoms. The Labute approximate surface area is 198 Å². The highest BCUT2D eigenvalue weighted by Gasteiger charge is 2.26. The first-order chi connectivity index (χ1) is 15.7. The highest BCUT2D eigenvalue weighted by atomic mass is 32.2. The molecule has 0 aliphatic carbocycles. The number of benzene rings is 3. The third-order valence-electron chi connectivity index (χ3n) is 5.52. The molecule has 0 amide bonds. The maximum absolute atomic E-state index is 13.5. The Balaban J connectivity index is 1.91. The van der Waals surface area contributed by atoms with E-state index in [0.717, 1.165) is 28.1 Å². The van der Waals surface area contributed by atoms with Crippen molar-refractivity contribution < 1.29 is 8.42 Å². The predicted molar refractivity (Wildman–Crippen MR) is 141 cm³/mol. The van der Waals surface area contributed by atoms with Crippen LogP contribution in [0.15, 0.2) is 95.9 Å². The summed E-state index contributed by atoms with van der Waals surface area (Å²) in [5.41, 5.74) is 4.97. The second kappa shape index (κ2) is 10.5. The Hall–Kier alpha value is -3.31. The van der Waals surface area contributed by atoms with E-state index in [9.17, 15) is 8.42 Å². The number of aryl methyl sites for hydroxylation is 1. The van der Waals surface area contributed by atoms with E-state index in [1.165, 1.54) is 0 Å². The summed E-state index contributed by atoms with van der Waals surface area (Å²) >= 11 is 0. The van der Waals surface area contributed by atoms with Crippen LogP contribution in [0.4, 0.5) is 11.4 Å². The topological polar surface area (TPSA) is 40.6 Å². The second-order valence-corrected chi connectivity index (χ2v) is 10.6. The van der Waals surface area contributed by atoms with Gasteiger partial charge in [0.05, 0.1) is 4.90 Å². The van der Waals surface area contributed by atoms with Gasteiger partial charge in [-0.1, -0.05) is 66.3 Å². The van der Waals surface area contributed by atoms with Crippen LogP contribution in [0.1, 0.15) is 21.9 Å². The van der Waals surface area contributed by atoms with E-state index in [-0.39, 0.29) is 0 Å². The average molecular weight is 461 g/mol. The molecular formula is C28H32N2O2S. The van der Waals surface area contributed by atoms with Crippen molar-refractivity contribution in [3.8, 4) is 0 Å². The highest BCUT2D eigenvalue weighted by molar-refractivity contribution is 7.91. The summed E-state index contributed by atoms with van der Waals surface area (Å²) in [6, 6.07) is 22.9. The number of anilines is 2. The fraction of sp³-hybridized carbons (Fsp3) is 0.214. The fourth-order valence-electron chi connectivity index (χ4n) is 3.45. The van der Waals surface area contributed by atoms with Crippen LogP contribution in [0.2, 0.25) is 0 Å². The van der Waals surface area contributed by atoms with Crippen molar-refractivity contribution in [2.75, 3.05) is 38.0 Å². The minimum Gasteiger partial charge on any atom is -0.378 e. The van der Waals surface area contributed by atoms with Gasteiger partial charge in [-0.2, -0.15) is 0 Å². The van der Waals surface area contributed by atoms with Crippen molar-refractivity contribution in [2.45, 2.75) is 17.1 Å². The van der Waals surface area contributed by atoms with Crippen molar-refractivity contribution in [3.63, 3.8) is 0 Å². The summed E-state index contributed by atoms with van der Waals surface area (Å²) in [5, 5.41) is -0.780. The predicted octanol–water partition coefficient (Wildman–Crippen LogP) is 5.91. The molecule has 0 saturated heterocycles. The molecule has 0 fully saturated rings. The Morgan fingerprint density at radius 2 is 1.21 bits per heavy atom. The van der Waals surface area contributed by atoms with Crippen molar-refractivity contribution in [2.24, 2.45) is 0 Å². The van der Waals surface area contributed by atoms with E-state index in [2.05, 4.69) is 17.0 Å². The van der Waals surface area contributed by atoms with E-state index >= 15 is 0 Å². The monoisotopic (exact) mass is 460 g/mol. The van der Waals surface area contributed by atoms with E-state index < -0.39 is 15.1 Å². The normalized spacial score (nSPS) is 12.9. The zero-order chi connectivity index (χ0) is 24.0. The van der Waals surface area contributed by atoms with Crippen LogP contribution < -0.4 is 9.80 Å². The van der Waals surface area contributed by atoms with Gasteiger partial charge in [0.25, 0.3) is 0 Å². The van der Waals surface area contributed by atoms with Crippen LogP contribution in [-0.4, -0.2) is 36.6 Å². The summed E-state index contributed by atoms with van der Waals surface area (Å²) in [6.07, 6.45) is 7.43. The second-order valence-electron chi connectivity index (χ2n) is 8.49. The Morgan fingerprint density at radius 3 is 1.73 bits per heavy atom. The number of hydrogen-bond acceptors (Lipinski definition) is 4. The molecule has 3 rings (SSSR count). The van der Waals surface area contributed by atoms with E-state index in [0.29, 0.717) is 4.90 Å². The third-order valence-corrected chi connectivity index (χ3v) is 7.54. The van der Waals surface area contributed by atoms with E-state index in [1.54, 1.807) is 18.2 Å². The summed E-state index contributed by atoms with van der Waals surface area (Å²) in [4.78, 5) is 4.37. The molecule has 0 heterocycles. The molecule has 0 aromatic heterocycles. The molecule has 1 atom stereocenters. The number of allylic oxidation sites excluding steroid dienone is 2. The lowest BCUT2D eigenvalue weighted by atomic mass is 10.1. The van der Waals surface area contributed by atoms with Crippen molar-refractivity contribution >= 4 is 27.3 Å². The lowest BCUT2D eigenvalue weighted by molar-refractivity contribution is 0.590. The van der Waals surface area contributed by atoms with E-state index in [4.69, 9.17) is 0 Å². The van der Waals surface area contributed by atoms with Gasteiger partial charge in [0.2, 0.25) is 0 Å². The molecule has 1 unspecified atom stereocenters. The first-order valence-electron chi connectivity index (χ1n) is 10.9. The highest BCUT2D eigenvalue weighted by Crippen LogP contribution is 2.31. The van der Waals surface area contributed by atoms with E-state index in [1.807, 2.05) is 107 Å². The SMILES string of the molecule is Cc1ccc(S(=O)(=O)C(C=CC=Cc2ccc(N(C)C)cc2)c2ccc(N(C)C)cc2)cc1. The Morgan fingerprint density at radius 1 is 0.697 bits per heavy atom. The van der Waals surface area contributed by atoms with Crippen molar-refractivity contribution in [1.29, 1.82) is 0 Å². The maximum Gasteiger partial charge on any atom is 0.188 e. The Bertz CT molecular complexity index is 1210. The summed E-state index contributed by atoms with van der Waals surface area (Å²) in [6.45, 7) is 1.95. The number of sulfone groups is 1. The van der Waals surface area contributed by atoms with Crippen molar-refractivity contribution in [1.82, 2.24) is 0 Å². The minimum atomic E-state index is -3.60. The molecule has 0 aliphatic rings. The first kappa shape index (κ1) is 24.3. The van der Waals surface area contributed by atoms with Crippen LogP contribution in [0, 0.1) is 6.92 Å². The van der Waals surface area contributed by atoms with Gasteiger partial charge in [-0.15, -0.1) is 0 Å². The molecule has 0 radical (unpaired) electrons. The van der Waals surface area contributed by atoms with Crippen LogP contribution in [0.25, 0.3) is 6.08 Å². The average Bonchev–Trinajstić information content (AvgIpc) is 2.79. The number of hydrogen-bond donors (Lipinski definition) is 0. The lowest BCUT2D eigenvalue weighted by Gasteiger charge is -2.17. The molecule has 3 aromatic carbocycles. The molecule has 0 saturated carbocycles. The largest absolute Gasteiger partial charge is 0.378 e. The molecule has 3 aromatic rings. The molecule has 0 spiro atoms. The van der Waals surface area contributed by atoms with Gasteiger partial charge in [0, 0.05) is 39.6 Å². The van der Waals surface area contributed by atoms with Gasteiger partial charge in [-0.25, -0.2) is 8.42 Å². The van der Waals surface area contributed by atoms with Gasteiger partial charge in [0.1, 0.15) is 5.25 Å². The molecular weight excluding hydrogens is 428 g/mol.